The van der Waals surface area contributed by atoms with Crippen molar-refractivity contribution in [2.45, 2.75) is 17.2 Å². The Kier molecular flexibility index (Phi) is 4.30. The van der Waals surface area contributed by atoms with Crippen LogP contribution in [0.2, 0.25) is 0 Å². The normalized spacial score (nSPS) is 12.8. The molecule has 1 aromatic carbocycles. The van der Waals surface area contributed by atoms with E-state index in [1.54, 1.807) is 43.5 Å². The van der Waals surface area contributed by atoms with E-state index in [9.17, 15) is 8.42 Å². The minimum Gasteiger partial charge on any atom is -0.497 e. The zero-order valence-corrected chi connectivity index (χ0v) is 13.9. The first kappa shape index (κ1) is 16.1. The van der Waals surface area contributed by atoms with Gasteiger partial charge in [-0.3, -0.25) is 0 Å². The molecule has 2 heterocycles. The molecule has 1 unspecified atom stereocenters. The Labute approximate surface area is 139 Å². The number of benzene rings is 1. The Morgan fingerprint density at radius 3 is 2.50 bits per heavy atom. The van der Waals surface area contributed by atoms with Crippen molar-refractivity contribution >= 4 is 9.84 Å². The molecule has 0 spiro atoms. The smallest absolute Gasteiger partial charge is 0.245 e. The first-order valence-electron chi connectivity index (χ1n) is 7.15. The molecule has 0 radical (unpaired) electrons. The second kappa shape index (κ2) is 6.40. The predicted octanol–water partition coefficient (Wildman–Crippen LogP) is 2.68. The van der Waals surface area contributed by atoms with Gasteiger partial charge in [0.2, 0.25) is 21.6 Å². The highest BCUT2D eigenvalue weighted by Gasteiger charge is 2.31. The van der Waals surface area contributed by atoms with E-state index in [-0.39, 0.29) is 10.9 Å². The third kappa shape index (κ3) is 3.00. The molecular formula is C16H15N3O4S. The summed E-state index contributed by atoms with van der Waals surface area (Å²) in [6, 6.07) is 11.8. The fourth-order valence-corrected chi connectivity index (χ4v) is 3.29. The van der Waals surface area contributed by atoms with Crippen molar-refractivity contribution in [2.75, 3.05) is 7.11 Å². The average Bonchev–Trinajstić information content (AvgIpc) is 3.12. The van der Waals surface area contributed by atoms with Crippen molar-refractivity contribution in [2.24, 2.45) is 0 Å². The standard InChI is InChI=1S/C16H15N3O4S/c1-11(24(20,21)14-5-3-4-10-17-14)16-18-15(19-23-16)12-6-8-13(22-2)9-7-12/h3-11H,1-2H3. The molecule has 24 heavy (non-hydrogen) atoms. The Balaban J connectivity index is 1.89. The number of sulfone groups is 1. The van der Waals surface area contributed by atoms with Gasteiger partial charge in [0.05, 0.1) is 7.11 Å². The van der Waals surface area contributed by atoms with E-state index in [1.807, 2.05) is 0 Å². The molecular weight excluding hydrogens is 330 g/mol. The minimum absolute atomic E-state index is 0.0199. The average molecular weight is 345 g/mol. The first-order valence-corrected chi connectivity index (χ1v) is 8.70. The predicted molar refractivity (Wildman–Crippen MR) is 86.1 cm³/mol. The molecule has 0 N–H and O–H groups in total. The molecule has 2 aromatic heterocycles. The number of ether oxygens (including phenoxy) is 1. The summed E-state index contributed by atoms with van der Waals surface area (Å²) in [7, 11) is -2.12. The lowest BCUT2D eigenvalue weighted by Gasteiger charge is -2.07. The van der Waals surface area contributed by atoms with Crippen molar-refractivity contribution in [3.05, 3.63) is 54.6 Å². The van der Waals surface area contributed by atoms with E-state index >= 15 is 0 Å². The number of aromatic nitrogens is 3. The summed E-state index contributed by atoms with van der Waals surface area (Å²) in [6.07, 6.45) is 1.43. The lowest BCUT2D eigenvalue weighted by Crippen LogP contribution is -2.12. The van der Waals surface area contributed by atoms with Gasteiger partial charge in [0.25, 0.3) is 0 Å². The van der Waals surface area contributed by atoms with E-state index in [1.165, 1.54) is 19.2 Å². The zero-order chi connectivity index (χ0) is 17.2. The SMILES string of the molecule is COc1ccc(-c2noc(C(C)S(=O)(=O)c3ccccn3)n2)cc1. The molecule has 0 aliphatic rings. The van der Waals surface area contributed by atoms with Crippen LogP contribution in [0.25, 0.3) is 11.4 Å². The molecule has 3 aromatic rings. The van der Waals surface area contributed by atoms with Gasteiger partial charge in [-0.05, 0) is 43.3 Å². The monoisotopic (exact) mass is 345 g/mol. The Morgan fingerprint density at radius 2 is 1.88 bits per heavy atom. The molecule has 124 valence electrons. The van der Waals surface area contributed by atoms with Gasteiger partial charge in [-0.2, -0.15) is 4.98 Å². The summed E-state index contributed by atoms with van der Waals surface area (Å²) < 4.78 is 35.3. The molecule has 3 rings (SSSR count). The summed E-state index contributed by atoms with van der Waals surface area (Å²) >= 11 is 0. The first-order chi connectivity index (χ1) is 11.5. The summed E-state index contributed by atoms with van der Waals surface area (Å²) in [4.78, 5) is 8.09. The van der Waals surface area contributed by atoms with Gasteiger partial charge < -0.3 is 9.26 Å². The van der Waals surface area contributed by atoms with Crippen LogP contribution in [0.4, 0.5) is 0 Å². The van der Waals surface area contributed by atoms with E-state index in [4.69, 9.17) is 9.26 Å². The van der Waals surface area contributed by atoms with E-state index in [2.05, 4.69) is 15.1 Å². The van der Waals surface area contributed by atoms with Crippen LogP contribution in [0.15, 0.2) is 58.2 Å². The molecule has 0 saturated heterocycles. The third-order valence-electron chi connectivity index (χ3n) is 3.53. The number of nitrogens with zero attached hydrogens (tertiary/aromatic N) is 3. The summed E-state index contributed by atoms with van der Waals surface area (Å²) in [5.41, 5.74) is 0.702. The number of methoxy groups -OCH3 is 1. The molecule has 0 fully saturated rings. The topological polar surface area (TPSA) is 95.2 Å². The fraction of sp³-hybridized carbons (Fsp3) is 0.188. The van der Waals surface area contributed by atoms with Crippen LogP contribution in [-0.2, 0) is 9.84 Å². The second-order valence-corrected chi connectivity index (χ2v) is 7.26. The van der Waals surface area contributed by atoms with Crippen molar-refractivity contribution in [3.8, 4) is 17.1 Å². The van der Waals surface area contributed by atoms with Crippen LogP contribution in [0, 0.1) is 0 Å². The minimum atomic E-state index is -3.70. The van der Waals surface area contributed by atoms with Gasteiger partial charge in [0.1, 0.15) is 11.0 Å². The van der Waals surface area contributed by atoms with Crippen LogP contribution >= 0.6 is 0 Å². The van der Waals surface area contributed by atoms with Gasteiger partial charge in [0, 0.05) is 11.8 Å². The van der Waals surface area contributed by atoms with Crippen LogP contribution < -0.4 is 4.74 Å². The molecule has 1 atom stereocenters. The fourth-order valence-electron chi connectivity index (χ4n) is 2.09. The summed E-state index contributed by atoms with van der Waals surface area (Å²) in [5.74, 6) is 1.04. The summed E-state index contributed by atoms with van der Waals surface area (Å²) in [6.45, 7) is 1.50. The number of hydrogen-bond donors (Lipinski definition) is 0. The Hall–Kier alpha value is -2.74. The van der Waals surface area contributed by atoms with Crippen LogP contribution in [0.3, 0.4) is 0 Å². The third-order valence-corrected chi connectivity index (χ3v) is 5.49. The number of pyridine rings is 1. The maximum Gasteiger partial charge on any atom is 0.245 e. The van der Waals surface area contributed by atoms with Crippen molar-refractivity contribution in [3.63, 3.8) is 0 Å². The number of hydrogen-bond acceptors (Lipinski definition) is 7. The zero-order valence-electron chi connectivity index (χ0n) is 13.1. The lowest BCUT2D eigenvalue weighted by atomic mass is 10.2. The maximum absolute atomic E-state index is 12.6. The molecule has 8 heteroatoms. The van der Waals surface area contributed by atoms with Crippen molar-refractivity contribution in [1.82, 2.24) is 15.1 Å². The molecule has 7 nitrogen and oxygen atoms in total. The van der Waals surface area contributed by atoms with Gasteiger partial charge >= 0.3 is 0 Å². The molecule has 0 amide bonds. The molecule has 0 aliphatic heterocycles. The quantitative estimate of drug-likeness (QED) is 0.701. The molecule has 0 aliphatic carbocycles. The molecule has 0 saturated carbocycles. The number of rotatable bonds is 5. The van der Waals surface area contributed by atoms with E-state index < -0.39 is 15.1 Å². The van der Waals surface area contributed by atoms with Gasteiger partial charge in [-0.1, -0.05) is 11.2 Å². The van der Waals surface area contributed by atoms with Gasteiger partial charge in [-0.25, -0.2) is 13.4 Å². The van der Waals surface area contributed by atoms with Gasteiger partial charge in [-0.15, -0.1) is 0 Å². The van der Waals surface area contributed by atoms with Crippen molar-refractivity contribution < 1.29 is 17.7 Å². The highest BCUT2D eigenvalue weighted by molar-refractivity contribution is 7.91. The lowest BCUT2D eigenvalue weighted by molar-refractivity contribution is 0.376. The highest BCUT2D eigenvalue weighted by atomic mass is 32.2. The van der Waals surface area contributed by atoms with Gasteiger partial charge in [0.15, 0.2) is 5.03 Å². The van der Waals surface area contributed by atoms with Crippen LogP contribution in [-0.4, -0.2) is 30.7 Å². The largest absolute Gasteiger partial charge is 0.497 e. The van der Waals surface area contributed by atoms with Crippen molar-refractivity contribution in [1.29, 1.82) is 0 Å². The highest BCUT2D eigenvalue weighted by Crippen LogP contribution is 2.28. The van der Waals surface area contributed by atoms with Crippen LogP contribution in [0.1, 0.15) is 18.1 Å². The summed E-state index contributed by atoms with van der Waals surface area (Å²) in [5, 5.41) is 2.84. The van der Waals surface area contributed by atoms with E-state index in [0.29, 0.717) is 17.1 Å². The molecule has 0 bridgehead atoms. The Morgan fingerprint density at radius 1 is 1.12 bits per heavy atom. The van der Waals surface area contributed by atoms with E-state index in [0.717, 1.165) is 0 Å². The van der Waals surface area contributed by atoms with Crippen LogP contribution in [0.5, 0.6) is 5.75 Å². The second-order valence-electron chi connectivity index (χ2n) is 5.04. The maximum atomic E-state index is 12.6. The Bertz CT molecular complexity index is 921.